The van der Waals surface area contributed by atoms with Gasteiger partial charge in [-0.3, -0.25) is 14.5 Å². The minimum Gasteiger partial charge on any atom is -0.493 e. The van der Waals surface area contributed by atoms with E-state index in [2.05, 4.69) is 22.3 Å². The third-order valence-corrected chi connectivity index (χ3v) is 10.9. The van der Waals surface area contributed by atoms with Crippen molar-refractivity contribution < 1.29 is 46.8 Å². The van der Waals surface area contributed by atoms with E-state index in [1.807, 2.05) is 72.8 Å². The smallest absolute Gasteiger partial charge is 0.471 e. The van der Waals surface area contributed by atoms with Crippen LogP contribution in [0.15, 0.2) is 84.9 Å². The molecule has 296 valence electrons. The van der Waals surface area contributed by atoms with Gasteiger partial charge >= 0.3 is 12.1 Å². The monoisotopic (exact) mass is 773 g/mol. The van der Waals surface area contributed by atoms with Crippen molar-refractivity contribution in [1.82, 2.24) is 15.1 Å². The van der Waals surface area contributed by atoms with E-state index in [-0.39, 0.29) is 38.3 Å². The number of carbonyl (C=O) groups is 2. The van der Waals surface area contributed by atoms with Gasteiger partial charge in [-0.1, -0.05) is 72.8 Å². The summed E-state index contributed by atoms with van der Waals surface area (Å²) in [6.07, 6.45) is -4.07. The number of rotatable bonds is 11. The van der Waals surface area contributed by atoms with Crippen molar-refractivity contribution in [2.75, 3.05) is 33.9 Å². The lowest BCUT2D eigenvalue weighted by Crippen LogP contribution is -2.50. The summed E-state index contributed by atoms with van der Waals surface area (Å²) in [6.45, 7) is 2.23. The molecule has 7 rings (SSSR count). The zero-order valence-corrected chi connectivity index (χ0v) is 31.4. The van der Waals surface area contributed by atoms with Crippen molar-refractivity contribution in [2.24, 2.45) is 0 Å². The minimum atomic E-state index is -5.03. The number of hydrogen-bond donors (Lipinski definition) is 2. The van der Waals surface area contributed by atoms with Crippen LogP contribution in [0.5, 0.6) is 11.5 Å². The summed E-state index contributed by atoms with van der Waals surface area (Å²) < 4.78 is 63.8. The fourth-order valence-corrected chi connectivity index (χ4v) is 7.94. The second-order valence-electron chi connectivity index (χ2n) is 14.5. The highest BCUT2D eigenvalue weighted by molar-refractivity contribution is 5.90. The molecular weight excluding hydrogens is 727 g/mol. The predicted molar refractivity (Wildman–Crippen MR) is 201 cm³/mol. The van der Waals surface area contributed by atoms with Gasteiger partial charge in [0.05, 0.1) is 33.0 Å². The van der Waals surface area contributed by atoms with Gasteiger partial charge in [-0.15, -0.1) is 0 Å². The van der Waals surface area contributed by atoms with Crippen molar-refractivity contribution in [3.8, 4) is 22.6 Å². The van der Waals surface area contributed by atoms with Gasteiger partial charge < -0.3 is 34.3 Å². The maximum absolute atomic E-state index is 13.1. The van der Waals surface area contributed by atoms with Crippen molar-refractivity contribution in [1.29, 1.82) is 0 Å². The molecule has 4 atom stereocenters. The molecule has 4 aromatic rings. The van der Waals surface area contributed by atoms with Gasteiger partial charge in [0.25, 0.3) is 0 Å². The first-order chi connectivity index (χ1) is 27.0. The quantitative estimate of drug-likeness (QED) is 0.175. The first-order valence-electron chi connectivity index (χ1n) is 18.8. The Morgan fingerprint density at radius 3 is 2.29 bits per heavy atom. The van der Waals surface area contributed by atoms with Gasteiger partial charge in [0.1, 0.15) is 6.04 Å². The summed E-state index contributed by atoms with van der Waals surface area (Å²) in [7, 11) is 3.29. The third-order valence-electron chi connectivity index (χ3n) is 10.9. The zero-order valence-electron chi connectivity index (χ0n) is 31.4. The van der Waals surface area contributed by atoms with Crippen LogP contribution in [0.4, 0.5) is 13.2 Å². The number of fused-ring (bicyclic) bond motifs is 1. The summed E-state index contributed by atoms with van der Waals surface area (Å²) in [5.74, 6) is -1.17. The average Bonchev–Trinajstić information content (AvgIpc) is 3.72. The van der Waals surface area contributed by atoms with Crippen molar-refractivity contribution in [2.45, 2.75) is 76.1 Å². The Morgan fingerprint density at radius 2 is 1.59 bits per heavy atom. The number of methoxy groups -OCH3 is 2. The molecule has 2 fully saturated rings. The van der Waals surface area contributed by atoms with E-state index >= 15 is 0 Å². The van der Waals surface area contributed by atoms with Gasteiger partial charge in [-0.2, -0.15) is 13.2 Å². The van der Waals surface area contributed by atoms with Crippen molar-refractivity contribution in [3.05, 3.63) is 118 Å². The van der Waals surface area contributed by atoms with E-state index in [4.69, 9.17) is 18.9 Å². The molecular formula is C43H46F3N3O7. The number of aliphatic hydroxyl groups is 1. The van der Waals surface area contributed by atoms with Crippen LogP contribution in [0.2, 0.25) is 0 Å². The highest BCUT2D eigenvalue weighted by atomic mass is 19.4. The molecule has 2 saturated heterocycles. The summed E-state index contributed by atoms with van der Waals surface area (Å²) in [6, 6.07) is 26.1. The van der Waals surface area contributed by atoms with E-state index in [0.29, 0.717) is 30.0 Å². The van der Waals surface area contributed by atoms with Crippen LogP contribution in [-0.2, 0) is 45.2 Å². The molecule has 3 heterocycles. The predicted octanol–water partition coefficient (Wildman–Crippen LogP) is 6.64. The van der Waals surface area contributed by atoms with E-state index in [9.17, 15) is 27.9 Å². The second kappa shape index (κ2) is 17.0. The summed E-state index contributed by atoms with van der Waals surface area (Å²) in [4.78, 5) is 28.0. The molecule has 0 bridgehead atoms. The van der Waals surface area contributed by atoms with E-state index in [1.54, 1.807) is 14.2 Å². The number of amides is 2. The Bertz CT molecular complexity index is 2010. The number of ether oxygens (including phenoxy) is 4. The Kier molecular flexibility index (Phi) is 12.0. The number of halogens is 3. The largest absolute Gasteiger partial charge is 0.493 e. The van der Waals surface area contributed by atoms with Crippen LogP contribution in [0.1, 0.15) is 65.0 Å². The number of likely N-dealkylation sites (tertiary alicyclic amines) is 1. The SMILES string of the molecule is COc1cc2c(cc1OC)CN(C[C@@H]1C[C@H](c3ccc(CO)cc3)O[C@H](c3ccc(-c4ccccc4CNC(=O)[C@@H]4CCCN4C(=O)C(F)(F)F)cc3)O1)CC2. The van der Waals surface area contributed by atoms with Crippen LogP contribution >= 0.6 is 0 Å². The lowest BCUT2D eigenvalue weighted by Gasteiger charge is -2.39. The molecule has 10 nitrogen and oxygen atoms in total. The first kappa shape index (κ1) is 39.3. The number of aliphatic hydroxyl groups excluding tert-OH is 1. The maximum Gasteiger partial charge on any atom is 0.471 e. The van der Waals surface area contributed by atoms with Crippen LogP contribution in [0.3, 0.4) is 0 Å². The third kappa shape index (κ3) is 8.71. The van der Waals surface area contributed by atoms with Gasteiger partial charge in [0.15, 0.2) is 17.8 Å². The topological polar surface area (TPSA) is 110 Å². The fourth-order valence-electron chi connectivity index (χ4n) is 7.94. The molecule has 56 heavy (non-hydrogen) atoms. The number of nitrogens with zero attached hydrogens (tertiary/aromatic N) is 2. The molecule has 2 N–H and O–H groups in total. The van der Waals surface area contributed by atoms with Gasteiger partial charge in [0.2, 0.25) is 5.91 Å². The molecule has 0 aromatic heterocycles. The highest BCUT2D eigenvalue weighted by Gasteiger charge is 2.47. The molecule has 3 aliphatic rings. The molecule has 3 aliphatic heterocycles. The molecule has 0 saturated carbocycles. The molecule has 4 aromatic carbocycles. The summed E-state index contributed by atoms with van der Waals surface area (Å²) in [5, 5.41) is 12.4. The van der Waals surface area contributed by atoms with Crippen molar-refractivity contribution in [3.63, 3.8) is 0 Å². The number of hydrogen-bond acceptors (Lipinski definition) is 8. The Labute approximate surface area is 324 Å². The van der Waals surface area contributed by atoms with Crippen LogP contribution in [0, 0.1) is 0 Å². The Morgan fingerprint density at radius 1 is 0.893 bits per heavy atom. The molecule has 0 unspecified atom stereocenters. The highest BCUT2D eigenvalue weighted by Crippen LogP contribution is 2.40. The fraction of sp³-hybridized carbons (Fsp3) is 0.395. The molecule has 13 heteroatoms. The van der Waals surface area contributed by atoms with Gasteiger partial charge in [-0.05, 0) is 70.3 Å². The van der Waals surface area contributed by atoms with Crippen LogP contribution < -0.4 is 14.8 Å². The zero-order chi connectivity index (χ0) is 39.4. The lowest BCUT2D eigenvalue weighted by atomic mass is 9.96. The van der Waals surface area contributed by atoms with Gasteiger partial charge in [-0.25, -0.2) is 0 Å². The molecule has 0 spiro atoms. The maximum atomic E-state index is 13.1. The standard InChI is InChI=1S/C43H46F3N3O7/c1-53-38-20-31-17-19-48(24-33(31)21-39(38)54-2)25-34-22-37(29-11-9-27(26-50)10-12-29)56-41(55-34)30-15-13-28(14-16-30)35-7-4-3-6-32(35)23-47-40(51)36-8-5-18-49(36)42(52)43(44,45)46/h3-4,6-7,9-16,20-21,34,36-37,41,50H,5,8,17-19,22-26H2,1-2H3,(H,47,51)/t34-,36-,37+,41+/m0/s1. The second-order valence-corrected chi connectivity index (χ2v) is 14.5. The lowest BCUT2D eigenvalue weighted by molar-refractivity contribution is -0.253. The first-order valence-corrected chi connectivity index (χ1v) is 18.8. The van der Waals surface area contributed by atoms with Crippen LogP contribution in [-0.4, -0.2) is 78.9 Å². The number of alkyl halides is 3. The Hall–Kier alpha value is -4.95. The van der Waals surface area contributed by atoms with E-state index < -0.39 is 30.3 Å². The summed E-state index contributed by atoms with van der Waals surface area (Å²) >= 11 is 0. The van der Waals surface area contributed by atoms with E-state index in [0.717, 1.165) is 58.6 Å². The van der Waals surface area contributed by atoms with E-state index in [1.165, 1.54) is 11.1 Å². The van der Waals surface area contributed by atoms with Crippen LogP contribution in [0.25, 0.3) is 11.1 Å². The average molecular weight is 774 g/mol. The number of benzene rings is 4. The Balaban J connectivity index is 1.06. The number of carbonyl (C=O) groups excluding carboxylic acids is 2. The normalized spacial score (nSPS) is 21.4. The minimum absolute atomic E-state index is 0.0444. The summed E-state index contributed by atoms with van der Waals surface area (Å²) in [5.41, 5.74) is 7.58. The molecule has 2 amide bonds. The molecule has 0 aliphatic carbocycles. The molecule has 0 radical (unpaired) electrons. The van der Waals surface area contributed by atoms with Crippen molar-refractivity contribution >= 4 is 11.8 Å². The van der Waals surface area contributed by atoms with Gasteiger partial charge in [0, 0.05) is 44.7 Å². The number of nitrogens with one attached hydrogen (secondary N) is 1.